The number of H-pyrrole nitrogens is 1. The van der Waals surface area contributed by atoms with E-state index in [1.54, 1.807) is 18.2 Å². The number of rotatable bonds is 2. The van der Waals surface area contributed by atoms with Gasteiger partial charge in [0.1, 0.15) is 10.6 Å². The van der Waals surface area contributed by atoms with Crippen molar-refractivity contribution in [1.29, 1.82) is 0 Å². The normalized spacial score (nSPS) is 12.9. The first-order chi connectivity index (χ1) is 12.5. The van der Waals surface area contributed by atoms with E-state index in [0.717, 1.165) is 10.1 Å². The molecule has 7 nitrogen and oxygen atoms in total. The quantitative estimate of drug-likeness (QED) is 0.456. The molecule has 0 fully saturated rings. The second-order valence-electron chi connectivity index (χ2n) is 5.73. The molecule has 1 aliphatic rings. The van der Waals surface area contributed by atoms with Gasteiger partial charge in [-0.05, 0) is 18.2 Å². The third-order valence-corrected chi connectivity index (χ3v) is 6.68. The van der Waals surface area contributed by atoms with Crippen LogP contribution in [0, 0.1) is 0 Å². The maximum absolute atomic E-state index is 12.9. The van der Waals surface area contributed by atoms with Crippen molar-refractivity contribution in [3.05, 3.63) is 45.1 Å². The first kappa shape index (κ1) is 15.2. The molecule has 0 atom stereocenters. The van der Waals surface area contributed by atoms with Crippen LogP contribution >= 0.6 is 22.7 Å². The Hall–Kier alpha value is -3.04. The molecule has 1 aliphatic heterocycles. The van der Waals surface area contributed by atoms with Gasteiger partial charge in [0.25, 0.3) is 5.56 Å². The maximum Gasteiger partial charge on any atom is 0.252 e. The predicted molar refractivity (Wildman–Crippen MR) is 99.9 cm³/mol. The van der Waals surface area contributed by atoms with Gasteiger partial charge in [-0.15, -0.1) is 22.7 Å². The van der Waals surface area contributed by atoms with E-state index in [9.17, 15) is 14.7 Å². The standard InChI is InChI=1S/C17H10N2O5S2/c18-12-11-13-15(7(20)4-10(21)19-13)25-17(11)26-16(12)14(22)6-1-2-8-9(3-6)24-5-23-8/h1-4H,5,18H2,(H2,19,20,21). The molecule has 0 aliphatic carbocycles. The van der Waals surface area contributed by atoms with Crippen LogP contribution in [0.25, 0.3) is 19.6 Å². The number of carbonyl (C=O) groups is 1. The van der Waals surface area contributed by atoms with E-state index in [4.69, 9.17) is 15.2 Å². The number of aromatic nitrogens is 1. The molecule has 0 saturated heterocycles. The lowest BCUT2D eigenvalue weighted by atomic mass is 10.1. The average molecular weight is 386 g/mol. The minimum Gasteiger partial charge on any atom is -0.506 e. The molecule has 1 aromatic carbocycles. The second-order valence-corrected chi connectivity index (χ2v) is 8.03. The van der Waals surface area contributed by atoms with Gasteiger partial charge in [0, 0.05) is 11.6 Å². The number of hydrogen-bond donors (Lipinski definition) is 3. The summed E-state index contributed by atoms with van der Waals surface area (Å²) in [6.45, 7) is 0.132. The van der Waals surface area contributed by atoms with Crippen molar-refractivity contribution in [2.45, 2.75) is 0 Å². The lowest BCUT2D eigenvalue weighted by molar-refractivity contribution is 0.104. The molecule has 0 bridgehead atoms. The fourth-order valence-corrected chi connectivity index (χ4v) is 5.48. The number of nitrogen functional groups attached to an aromatic ring is 1. The number of anilines is 1. The van der Waals surface area contributed by atoms with Gasteiger partial charge in [0.2, 0.25) is 12.6 Å². The molecular weight excluding hydrogens is 376 g/mol. The Morgan fingerprint density at radius 1 is 1.19 bits per heavy atom. The first-order valence-corrected chi connectivity index (χ1v) is 9.17. The highest BCUT2D eigenvalue weighted by atomic mass is 32.2. The summed E-state index contributed by atoms with van der Waals surface area (Å²) in [7, 11) is 0. The van der Waals surface area contributed by atoms with Crippen molar-refractivity contribution in [3.8, 4) is 17.2 Å². The number of ketones is 1. The molecule has 4 heterocycles. The van der Waals surface area contributed by atoms with Gasteiger partial charge >= 0.3 is 0 Å². The monoisotopic (exact) mass is 386 g/mol. The largest absolute Gasteiger partial charge is 0.506 e. The summed E-state index contributed by atoms with van der Waals surface area (Å²) in [5, 5.41) is 10.6. The minimum atomic E-state index is -0.427. The highest BCUT2D eigenvalue weighted by Crippen LogP contribution is 2.46. The van der Waals surface area contributed by atoms with Crippen LogP contribution in [0.15, 0.2) is 29.1 Å². The highest BCUT2D eigenvalue weighted by Gasteiger charge is 2.24. The SMILES string of the molecule is Nc1c(C(=O)c2ccc3c(c2)OCO3)sc2sc3c(O)cc(=O)[nH]c3c12. The van der Waals surface area contributed by atoms with Gasteiger partial charge in [0.05, 0.1) is 25.3 Å². The minimum absolute atomic E-state index is 0.0970. The first-order valence-electron chi connectivity index (χ1n) is 7.54. The summed E-state index contributed by atoms with van der Waals surface area (Å²) in [5.41, 5.74) is 6.99. The lowest BCUT2D eigenvalue weighted by Crippen LogP contribution is -2.03. The number of hydrogen-bond acceptors (Lipinski definition) is 8. The number of pyridine rings is 1. The number of nitrogens with two attached hydrogens (primary N) is 1. The van der Waals surface area contributed by atoms with Crippen LogP contribution in [0.1, 0.15) is 15.2 Å². The number of benzene rings is 1. The average Bonchev–Trinajstić information content (AvgIpc) is 3.29. The molecule has 9 heteroatoms. The van der Waals surface area contributed by atoms with Crippen LogP contribution in [0.4, 0.5) is 5.69 Å². The number of fused-ring (bicyclic) bond motifs is 4. The van der Waals surface area contributed by atoms with Gasteiger partial charge in [-0.3, -0.25) is 9.59 Å². The van der Waals surface area contributed by atoms with Crippen molar-refractivity contribution in [3.63, 3.8) is 0 Å². The Kier molecular flexibility index (Phi) is 3.06. The van der Waals surface area contributed by atoms with Crippen molar-refractivity contribution in [2.24, 2.45) is 0 Å². The molecule has 0 saturated carbocycles. The van der Waals surface area contributed by atoms with Gasteiger partial charge in [-0.2, -0.15) is 0 Å². The molecule has 130 valence electrons. The summed E-state index contributed by atoms with van der Waals surface area (Å²) in [6.07, 6.45) is 0. The van der Waals surface area contributed by atoms with Crippen molar-refractivity contribution in [1.82, 2.24) is 4.98 Å². The van der Waals surface area contributed by atoms with Crippen LogP contribution in [-0.2, 0) is 0 Å². The summed E-state index contributed by atoms with van der Waals surface area (Å²) in [4.78, 5) is 27.7. The lowest BCUT2D eigenvalue weighted by Gasteiger charge is -2.02. The van der Waals surface area contributed by atoms with E-state index >= 15 is 0 Å². The van der Waals surface area contributed by atoms with Crippen LogP contribution in [-0.4, -0.2) is 22.7 Å². The molecule has 0 spiro atoms. The number of aromatic amines is 1. The predicted octanol–water partition coefficient (Wildman–Crippen LogP) is 3.05. The maximum atomic E-state index is 12.9. The Bertz CT molecular complexity index is 1280. The number of ether oxygens (including phenoxy) is 2. The van der Waals surface area contributed by atoms with E-state index in [1.165, 1.54) is 22.7 Å². The van der Waals surface area contributed by atoms with Crippen LogP contribution in [0.5, 0.6) is 17.2 Å². The number of aromatic hydroxyl groups is 1. The fraction of sp³-hybridized carbons (Fsp3) is 0.0588. The molecule has 0 amide bonds. The number of thiophene rings is 2. The van der Waals surface area contributed by atoms with Crippen molar-refractivity contribution >= 4 is 53.8 Å². The zero-order valence-corrected chi connectivity index (χ0v) is 14.6. The summed E-state index contributed by atoms with van der Waals surface area (Å²) in [6, 6.07) is 6.10. The van der Waals surface area contributed by atoms with Crippen LogP contribution < -0.4 is 20.8 Å². The molecule has 0 radical (unpaired) electrons. The zero-order chi connectivity index (χ0) is 18.0. The topological polar surface area (TPSA) is 115 Å². The molecular formula is C17H10N2O5S2. The summed E-state index contributed by atoms with van der Waals surface area (Å²) >= 11 is 2.53. The Morgan fingerprint density at radius 3 is 2.85 bits per heavy atom. The number of carbonyl (C=O) groups excluding carboxylic acids is 1. The summed E-state index contributed by atoms with van der Waals surface area (Å²) < 4.78 is 11.9. The zero-order valence-electron chi connectivity index (χ0n) is 13.0. The molecule has 5 rings (SSSR count). The molecule has 4 aromatic rings. The van der Waals surface area contributed by atoms with Crippen LogP contribution in [0.3, 0.4) is 0 Å². The Labute approximate surface area is 153 Å². The van der Waals surface area contributed by atoms with Crippen molar-refractivity contribution in [2.75, 3.05) is 12.5 Å². The molecule has 3 aromatic heterocycles. The van der Waals surface area contributed by atoms with Crippen molar-refractivity contribution < 1.29 is 19.4 Å². The van der Waals surface area contributed by atoms with E-state index in [1.807, 2.05) is 0 Å². The highest BCUT2D eigenvalue weighted by molar-refractivity contribution is 7.42. The van der Waals surface area contributed by atoms with Gasteiger partial charge in [-0.25, -0.2) is 0 Å². The van der Waals surface area contributed by atoms with E-state index in [0.29, 0.717) is 43.2 Å². The molecule has 26 heavy (non-hydrogen) atoms. The Morgan fingerprint density at radius 2 is 2.00 bits per heavy atom. The smallest absolute Gasteiger partial charge is 0.252 e. The molecule has 0 unspecified atom stereocenters. The third kappa shape index (κ3) is 2.04. The Balaban J connectivity index is 1.69. The second kappa shape index (κ2) is 5.23. The van der Waals surface area contributed by atoms with Gasteiger partial charge < -0.3 is 25.3 Å². The third-order valence-electron chi connectivity index (χ3n) is 4.17. The van der Waals surface area contributed by atoms with E-state index in [2.05, 4.69) is 4.98 Å². The van der Waals surface area contributed by atoms with E-state index in [-0.39, 0.29) is 18.3 Å². The molecule has 4 N–H and O–H groups in total. The van der Waals surface area contributed by atoms with Gasteiger partial charge in [-0.1, -0.05) is 0 Å². The summed E-state index contributed by atoms with van der Waals surface area (Å²) in [5.74, 6) is 0.790. The fourth-order valence-electron chi connectivity index (χ4n) is 2.97. The van der Waals surface area contributed by atoms with Gasteiger partial charge in [0.15, 0.2) is 11.5 Å². The number of nitrogens with one attached hydrogen (secondary N) is 1. The van der Waals surface area contributed by atoms with Crippen LogP contribution in [0.2, 0.25) is 0 Å². The van der Waals surface area contributed by atoms with E-state index < -0.39 is 5.56 Å².